The Morgan fingerprint density at radius 2 is 2.56 bits per heavy atom. The van der Waals surface area contributed by atoms with Crippen molar-refractivity contribution in [1.29, 1.82) is 0 Å². The molecule has 0 spiro atoms. The fraction of sp³-hybridized carbons (Fsp3) is 0.250. The molecule has 0 N–H and O–H groups in total. The van der Waals surface area contributed by atoms with Gasteiger partial charge in [-0.2, -0.15) is 6.08 Å². The first-order valence-electron chi connectivity index (χ1n) is 3.18. The summed E-state index contributed by atoms with van der Waals surface area (Å²) < 4.78 is 5.19. The van der Waals surface area contributed by atoms with Gasteiger partial charge >= 0.3 is 0 Å². The highest BCUT2D eigenvalue weighted by Crippen LogP contribution is 2.25. The van der Waals surface area contributed by atoms with E-state index in [0.29, 0.717) is 0 Å². The van der Waals surface area contributed by atoms with Crippen molar-refractivity contribution in [3.63, 3.8) is 0 Å². The minimum absolute atomic E-state index is 0.986. The van der Waals surface area contributed by atoms with Crippen LogP contribution in [-0.4, -0.2) is 6.29 Å². The molecule has 0 saturated heterocycles. The molecular formula is C8H8O. The van der Waals surface area contributed by atoms with E-state index in [1.54, 1.807) is 0 Å². The molecule has 0 radical (unpaired) electrons. The van der Waals surface area contributed by atoms with Crippen molar-refractivity contribution in [2.24, 2.45) is 0 Å². The molecule has 46 valence electrons. The second kappa shape index (κ2) is 1.76. The molecule has 1 aliphatic carbocycles. The highest BCUT2D eigenvalue weighted by molar-refractivity contribution is 5.62. The Balaban J connectivity index is 2.29. The van der Waals surface area contributed by atoms with Crippen LogP contribution in [0.5, 0.6) is 0 Å². The number of hydrogen-bond acceptors (Lipinski definition) is 0. The van der Waals surface area contributed by atoms with Crippen LogP contribution in [0.1, 0.15) is 12.8 Å². The van der Waals surface area contributed by atoms with Gasteiger partial charge in [0, 0.05) is 6.42 Å². The maximum absolute atomic E-state index is 5.19. The van der Waals surface area contributed by atoms with Crippen molar-refractivity contribution < 1.29 is 4.42 Å². The van der Waals surface area contributed by atoms with Crippen molar-refractivity contribution >= 4 is 6.29 Å². The summed E-state index contributed by atoms with van der Waals surface area (Å²) >= 11 is 0. The first-order chi connectivity index (χ1) is 4.47. The van der Waals surface area contributed by atoms with Gasteiger partial charge in [0.15, 0.2) is 0 Å². The molecule has 0 saturated carbocycles. The zero-order valence-corrected chi connectivity index (χ0v) is 5.13. The Morgan fingerprint density at radius 1 is 1.56 bits per heavy atom. The van der Waals surface area contributed by atoms with Crippen LogP contribution in [0.25, 0.3) is 0 Å². The third-order valence-corrected chi connectivity index (χ3v) is 1.60. The summed E-state index contributed by atoms with van der Waals surface area (Å²) in [7, 11) is 0. The molecule has 0 unspecified atom stereocenters. The van der Waals surface area contributed by atoms with Crippen LogP contribution in [0.3, 0.4) is 0 Å². The van der Waals surface area contributed by atoms with Crippen LogP contribution in [0.4, 0.5) is 0 Å². The Hall–Kier alpha value is -0.980. The summed E-state index contributed by atoms with van der Waals surface area (Å²) in [4.78, 5) is 0. The van der Waals surface area contributed by atoms with Gasteiger partial charge in [0.25, 0.3) is 6.10 Å². The van der Waals surface area contributed by atoms with Crippen molar-refractivity contribution in [1.82, 2.24) is 0 Å². The van der Waals surface area contributed by atoms with Gasteiger partial charge in [-0.3, -0.25) is 0 Å². The fourth-order valence-corrected chi connectivity index (χ4v) is 1.11. The molecular weight excluding hydrogens is 112 g/mol. The molecule has 1 heteroatoms. The highest BCUT2D eigenvalue weighted by Gasteiger charge is 2.20. The standard InChI is InChI=1S/C8H8O/c1-2-4-8-7(3-1)5-6-9-8/h2-4,6H,1,5H2. The predicted molar refractivity (Wildman–Crippen MR) is 35.8 cm³/mol. The first-order valence-corrected chi connectivity index (χ1v) is 3.18. The second-order valence-electron chi connectivity index (χ2n) is 2.22. The van der Waals surface area contributed by atoms with Gasteiger partial charge in [-0.15, -0.1) is 6.08 Å². The molecule has 1 nitrogen and oxygen atoms in total. The van der Waals surface area contributed by atoms with Gasteiger partial charge in [-0.1, -0.05) is 6.42 Å². The lowest BCUT2D eigenvalue weighted by molar-refractivity contribution is -0.413. The zero-order chi connectivity index (χ0) is 6.10. The molecule has 1 aliphatic heterocycles. The van der Waals surface area contributed by atoms with Crippen molar-refractivity contribution in [3.8, 4) is 0 Å². The molecule has 0 bridgehead atoms. The summed E-state index contributed by atoms with van der Waals surface area (Å²) in [6.45, 7) is 0. The Bertz CT molecular complexity index is 199. The average Bonchev–Trinajstić information content (AvgIpc) is 2.33. The van der Waals surface area contributed by atoms with E-state index in [-0.39, 0.29) is 0 Å². The van der Waals surface area contributed by atoms with E-state index < -0.39 is 0 Å². The van der Waals surface area contributed by atoms with Crippen molar-refractivity contribution in [2.75, 3.05) is 0 Å². The molecule has 1 heterocycles. The van der Waals surface area contributed by atoms with E-state index in [9.17, 15) is 0 Å². The highest BCUT2D eigenvalue weighted by atomic mass is 16.4. The van der Waals surface area contributed by atoms with E-state index >= 15 is 0 Å². The quantitative estimate of drug-likeness (QED) is 0.261. The summed E-state index contributed by atoms with van der Waals surface area (Å²) in [5.41, 5.74) is 1.34. The summed E-state index contributed by atoms with van der Waals surface area (Å²) in [5, 5.41) is 0. The van der Waals surface area contributed by atoms with Gasteiger partial charge in [0.1, 0.15) is 0 Å². The van der Waals surface area contributed by atoms with E-state index in [2.05, 4.69) is 12.2 Å². The van der Waals surface area contributed by atoms with Gasteiger partial charge in [0.2, 0.25) is 6.29 Å². The largest absolute Gasteiger partial charge is 0.308 e. The smallest absolute Gasteiger partial charge is 0.262 e. The van der Waals surface area contributed by atoms with Crippen LogP contribution in [0.15, 0.2) is 23.8 Å². The number of hydrogen-bond donors (Lipinski definition) is 0. The minimum Gasteiger partial charge on any atom is -0.308 e. The lowest BCUT2D eigenvalue weighted by Gasteiger charge is -2.04. The molecule has 0 amide bonds. The first kappa shape index (κ1) is 4.86. The van der Waals surface area contributed by atoms with E-state index in [0.717, 1.165) is 18.9 Å². The SMILES string of the molecule is C1=C[C-]2[O+]=CCC2=CC1. The minimum atomic E-state index is 0.986. The zero-order valence-electron chi connectivity index (χ0n) is 5.13. The lowest BCUT2D eigenvalue weighted by Crippen LogP contribution is -1.94. The van der Waals surface area contributed by atoms with Gasteiger partial charge in [-0.25, -0.2) is 0 Å². The van der Waals surface area contributed by atoms with Gasteiger partial charge in [-0.05, 0) is 11.6 Å². The molecule has 2 aliphatic rings. The van der Waals surface area contributed by atoms with Crippen LogP contribution >= 0.6 is 0 Å². The van der Waals surface area contributed by atoms with Gasteiger partial charge < -0.3 is 4.42 Å². The molecule has 2 rings (SSSR count). The second-order valence-corrected chi connectivity index (χ2v) is 2.22. The van der Waals surface area contributed by atoms with Crippen LogP contribution in [0, 0.1) is 6.10 Å². The number of fused-ring (bicyclic) bond motifs is 1. The molecule has 0 atom stereocenters. The van der Waals surface area contributed by atoms with E-state index in [1.807, 2.05) is 12.4 Å². The topological polar surface area (TPSA) is 11.3 Å². The third kappa shape index (κ3) is 0.689. The lowest BCUT2D eigenvalue weighted by atomic mass is 10.0. The van der Waals surface area contributed by atoms with Crippen molar-refractivity contribution in [3.05, 3.63) is 29.9 Å². The summed E-state index contributed by atoms with van der Waals surface area (Å²) in [5.74, 6) is 0. The van der Waals surface area contributed by atoms with E-state index in [1.165, 1.54) is 5.57 Å². The summed E-state index contributed by atoms with van der Waals surface area (Å²) in [6, 6.07) is 0. The molecule has 0 aromatic carbocycles. The monoisotopic (exact) mass is 120 g/mol. The van der Waals surface area contributed by atoms with Crippen LogP contribution in [-0.2, 0) is 4.42 Å². The maximum atomic E-state index is 5.19. The average molecular weight is 120 g/mol. The normalized spacial score (nSPS) is 22.2. The molecule has 0 aromatic heterocycles. The molecule has 0 aromatic rings. The summed E-state index contributed by atoms with van der Waals surface area (Å²) in [6.07, 6.45) is 11.3. The maximum Gasteiger partial charge on any atom is 0.262 e. The Kier molecular flexibility index (Phi) is 0.950. The van der Waals surface area contributed by atoms with Crippen LogP contribution < -0.4 is 0 Å². The van der Waals surface area contributed by atoms with Gasteiger partial charge in [0.05, 0.1) is 0 Å². The molecule has 0 fully saturated rings. The fourth-order valence-electron chi connectivity index (χ4n) is 1.11. The third-order valence-electron chi connectivity index (χ3n) is 1.60. The molecule has 9 heavy (non-hydrogen) atoms. The van der Waals surface area contributed by atoms with Crippen molar-refractivity contribution in [2.45, 2.75) is 12.8 Å². The number of carbonyl (C=O) groups excluding carboxylic acids is 1. The predicted octanol–water partition coefficient (Wildman–Crippen LogP) is 1.54. The van der Waals surface area contributed by atoms with Crippen LogP contribution in [0.2, 0.25) is 0 Å². The number of allylic oxidation sites excluding steroid dienone is 2. The Morgan fingerprint density at radius 3 is 3.44 bits per heavy atom. The number of aldehydes is 1. The van der Waals surface area contributed by atoms with E-state index in [4.69, 9.17) is 4.42 Å². The Labute approximate surface area is 54.4 Å². The number of rotatable bonds is 0.